The number of hydrogen-bond acceptors (Lipinski definition) is 6. The number of amides is 1. The maximum absolute atomic E-state index is 13.4. The van der Waals surface area contributed by atoms with E-state index >= 15 is 0 Å². The molecule has 142 valence electrons. The molecule has 1 amide bonds. The number of nitrogens with zero attached hydrogens (tertiary/aromatic N) is 1. The van der Waals surface area contributed by atoms with Crippen LogP contribution in [0.25, 0.3) is 0 Å². The summed E-state index contributed by atoms with van der Waals surface area (Å²) in [5, 5.41) is 0. The molecule has 0 fully saturated rings. The first kappa shape index (κ1) is 15.8. The minimum atomic E-state index is -0.889. The van der Waals surface area contributed by atoms with Gasteiger partial charge in [0.25, 0.3) is 5.91 Å². The Morgan fingerprint density at radius 1 is 1.00 bits per heavy atom. The van der Waals surface area contributed by atoms with Gasteiger partial charge in [-0.05, 0) is 41.8 Å². The molecule has 0 N–H and O–H groups in total. The van der Waals surface area contributed by atoms with Crippen LogP contribution >= 0.6 is 0 Å². The van der Waals surface area contributed by atoms with Crippen molar-refractivity contribution < 1.29 is 28.5 Å². The molecule has 4 aliphatic rings. The third-order valence-electron chi connectivity index (χ3n) is 6.43. The smallest absolute Gasteiger partial charge is 0.258 e. The van der Waals surface area contributed by atoms with E-state index in [4.69, 9.17) is 18.9 Å². The number of ether oxygens (including phenoxy) is 4. The molecule has 0 spiro atoms. The SMILES string of the molecule is CN1C(=O)c2c(ccc3c2OCO3)C2(C)C(=O)Cc3cc4c(cc3C12)OCO4. The van der Waals surface area contributed by atoms with Crippen molar-refractivity contribution in [1.82, 2.24) is 4.90 Å². The van der Waals surface area contributed by atoms with E-state index in [1.807, 2.05) is 25.1 Å². The molecule has 7 nitrogen and oxygen atoms in total. The summed E-state index contributed by atoms with van der Waals surface area (Å²) in [6, 6.07) is 6.96. The Bertz CT molecular complexity index is 1090. The van der Waals surface area contributed by atoms with E-state index in [1.54, 1.807) is 18.0 Å². The minimum absolute atomic E-state index is 0.0586. The first-order valence-corrected chi connectivity index (χ1v) is 9.16. The van der Waals surface area contributed by atoms with E-state index in [2.05, 4.69) is 0 Å². The van der Waals surface area contributed by atoms with Gasteiger partial charge in [0.2, 0.25) is 13.6 Å². The maximum Gasteiger partial charge on any atom is 0.258 e. The van der Waals surface area contributed by atoms with Crippen LogP contribution in [0.5, 0.6) is 23.0 Å². The zero-order chi connectivity index (χ0) is 19.2. The summed E-state index contributed by atoms with van der Waals surface area (Å²) in [4.78, 5) is 28.4. The quantitative estimate of drug-likeness (QED) is 0.700. The van der Waals surface area contributed by atoms with Crippen LogP contribution in [-0.4, -0.2) is 37.2 Å². The van der Waals surface area contributed by atoms with Gasteiger partial charge < -0.3 is 23.8 Å². The van der Waals surface area contributed by atoms with Gasteiger partial charge in [-0.25, -0.2) is 0 Å². The third-order valence-corrected chi connectivity index (χ3v) is 6.43. The van der Waals surface area contributed by atoms with Crippen molar-refractivity contribution >= 4 is 11.7 Å². The molecule has 1 aliphatic carbocycles. The van der Waals surface area contributed by atoms with Crippen molar-refractivity contribution in [2.45, 2.75) is 24.8 Å². The first-order chi connectivity index (χ1) is 13.5. The van der Waals surface area contributed by atoms with Crippen LogP contribution in [-0.2, 0) is 16.6 Å². The highest BCUT2D eigenvalue weighted by molar-refractivity contribution is 6.07. The second-order valence-corrected chi connectivity index (χ2v) is 7.75. The summed E-state index contributed by atoms with van der Waals surface area (Å²) < 4.78 is 22.1. The molecule has 3 heterocycles. The predicted molar refractivity (Wildman–Crippen MR) is 96.0 cm³/mol. The normalized spacial score (nSPS) is 26.1. The Balaban J connectivity index is 1.63. The molecule has 2 unspecified atom stereocenters. The average molecular weight is 379 g/mol. The highest BCUT2D eigenvalue weighted by Crippen LogP contribution is 2.55. The highest BCUT2D eigenvalue weighted by atomic mass is 16.7. The van der Waals surface area contributed by atoms with E-state index in [9.17, 15) is 9.59 Å². The number of carbonyl (C=O) groups is 2. The lowest BCUT2D eigenvalue weighted by molar-refractivity contribution is -0.126. The molecule has 7 heteroatoms. The number of likely N-dealkylation sites (N-methyl/N-ethyl adjacent to an activating group) is 1. The highest BCUT2D eigenvalue weighted by Gasteiger charge is 2.56. The summed E-state index contributed by atoms with van der Waals surface area (Å²) in [7, 11) is 1.73. The van der Waals surface area contributed by atoms with Gasteiger partial charge in [-0.15, -0.1) is 0 Å². The van der Waals surface area contributed by atoms with Gasteiger partial charge >= 0.3 is 0 Å². The van der Waals surface area contributed by atoms with E-state index in [0.29, 0.717) is 34.1 Å². The van der Waals surface area contributed by atoms with E-state index < -0.39 is 11.5 Å². The monoisotopic (exact) mass is 379 g/mol. The van der Waals surface area contributed by atoms with Crippen LogP contribution in [0, 0.1) is 0 Å². The summed E-state index contributed by atoms with van der Waals surface area (Å²) in [5.41, 5.74) is 2.03. The number of ketones is 1. The second-order valence-electron chi connectivity index (χ2n) is 7.75. The van der Waals surface area contributed by atoms with Crippen LogP contribution in [0.15, 0.2) is 24.3 Å². The zero-order valence-corrected chi connectivity index (χ0v) is 15.4. The van der Waals surface area contributed by atoms with Crippen LogP contribution in [0.1, 0.15) is 40.0 Å². The Morgan fingerprint density at radius 2 is 1.71 bits per heavy atom. The van der Waals surface area contributed by atoms with Crippen molar-refractivity contribution in [3.8, 4) is 23.0 Å². The van der Waals surface area contributed by atoms with Gasteiger partial charge in [-0.1, -0.05) is 6.07 Å². The van der Waals surface area contributed by atoms with Gasteiger partial charge in [-0.2, -0.15) is 0 Å². The molecule has 0 bridgehead atoms. The van der Waals surface area contributed by atoms with Gasteiger partial charge in [0.05, 0.1) is 17.0 Å². The van der Waals surface area contributed by atoms with Gasteiger partial charge in [0.1, 0.15) is 5.78 Å². The van der Waals surface area contributed by atoms with E-state index in [1.165, 1.54) is 0 Å². The molecule has 2 aromatic rings. The molecular weight excluding hydrogens is 362 g/mol. The zero-order valence-electron chi connectivity index (χ0n) is 15.4. The number of hydrogen-bond donors (Lipinski definition) is 0. The van der Waals surface area contributed by atoms with Gasteiger partial charge in [-0.3, -0.25) is 9.59 Å². The molecule has 2 atom stereocenters. The number of Topliss-reactive ketones (excluding diaryl/α,β-unsaturated/α-hetero) is 1. The van der Waals surface area contributed by atoms with Gasteiger partial charge in [0.15, 0.2) is 23.0 Å². The van der Waals surface area contributed by atoms with Crippen LogP contribution in [0.3, 0.4) is 0 Å². The molecule has 0 radical (unpaired) electrons. The molecule has 6 rings (SSSR count). The van der Waals surface area contributed by atoms with Crippen molar-refractivity contribution in [3.05, 3.63) is 46.5 Å². The molecule has 0 saturated heterocycles. The van der Waals surface area contributed by atoms with Crippen LogP contribution < -0.4 is 18.9 Å². The molecule has 28 heavy (non-hydrogen) atoms. The lowest BCUT2D eigenvalue weighted by Crippen LogP contribution is -2.55. The van der Waals surface area contributed by atoms with Crippen molar-refractivity contribution in [2.24, 2.45) is 0 Å². The predicted octanol–water partition coefficient (Wildman–Crippen LogP) is 2.35. The standard InChI is InChI=1S/C21H17NO6/c1-21-12-3-4-13-18(28-9-25-13)17(12)20(24)22(2)19(21)11-7-15-14(26-8-27-15)5-10(11)6-16(21)23/h3-5,7,19H,6,8-9H2,1-2H3. The summed E-state index contributed by atoms with van der Waals surface area (Å²) in [5.74, 6) is 2.13. The van der Waals surface area contributed by atoms with Crippen LogP contribution in [0.2, 0.25) is 0 Å². The Hall–Kier alpha value is -3.22. The lowest BCUT2D eigenvalue weighted by Gasteiger charge is -2.49. The number of rotatable bonds is 0. The molecule has 0 saturated carbocycles. The molecule has 3 aliphatic heterocycles. The van der Waals surface area contributed by atoms with E-state index in [0.717, 1.165) is 11.1 Å². The molecule has 0 aromatic heterocycles. The summed E-state index contributed by atoms with van der Waals surface area (Å²) >= 11 is 0. The maximum atomic E-state index is 13.4. The second kappa shape index (κ2) is 4.98. The number of fused-ring (bicyclic) bond motifs is 8. The van der Waals surface area contributed by atoms with E-state index in [-0.39, 0.29) is 31.7 Å². The lowest BCUT2D eigenvalue weighted by atomic mass is 9.61. The Labute approximate surface area is 160 Å². The van der Waals surface area contributed by atoms with Gasteiger partial charge in [0, 0.05) is 13.5 Å². The van der Waals surface area contributed by atoms with Crippen molar-refractivity contribution in [1.29, 1.82) is 0 Å². The largest absolute Gasteiger partial charge is 0.454 e. The Morgan fingerprint density at radius 3 is 2.54 bits per heavy atom. The first-order valence-electron chi connectivity index (χ1n) is 9.16. The fourth-order valence-corrected chi connectivity index (χ4v) is 5.03. The Kier molecular flexibility index (Phi) is 2.81. The fraction of sp³-hybridized carbons (Fsp3) is 0.333. The molecular formula is C21H17NO6. The average Bonchev–Trinajstić information content (AvgIpc) is 3.33. The summed E-state index contributed by atoms with van der Waals surface area (Å²) in [6.45, 7) is 2.15. The van der Waals surface area contributed by atoms with Crippen molar-refractivity contribution in [3.63, 3.8) is 0 Å². The number of benzene rings is 2. The number of carbonyl (C=O) groups excluding carboxylic acids is 2. The summed E-state index contributed by atoms with van der Waals surface area (Å²) in [6.07, 6.45) is 0.273. The minimum Gasteiger partial charge on any atom is -0.454 e. The van der Waals surface area contributed by atoms with Crippen molar-refractivity contribution in [2.75, 3.05) is 20.6 Å². The van der Waals surface area contributed by atoms with Crippen LogP contribution in [0.4, 0.5) is 0 Å². The molecule has 2 aromatic carbocycles. The fourth-order valence-electron chi connectivity index (χ4n) is 5.03. The topological polar surface area (TPSA) is 74.3 Å². The third kappa shape index (κ3) is 1.70.